The first-order valence-corrected chi connectivity index (χ1v) is 6.81. The summed E-state index contributed by atoms with van der Waals surface area (Å²) in [6, 6.07) is 0. The van der Waals surface area contributed by atoms with Gasteiger partial charge in [0, 0.05) is 5.92 Å². The third-order valence-corrected chi connectivity index (χ3v) is 5.10. The molecule has 0 heterocycles. The van der Waals surface area contributed by atoms with E-state index in [2.05, 4.69) is 13.8 Å². The van der Waals surface area contributed by atoms with Crippen LogP contribution < -0.4 is 0 Å². The van der Waals surface area contributed by atoms with E-state index in [4.69, 9.17) is 5.11 Å². The molecule has 3 nitrogen and oxygen atoms in total. The van der Waals surface area contributed by atoms with Crippen molar-refractivity contribution in [2.45, 2.75) is 46.5 Å². The van der Waals surface area contributed by atoms with Crippen LogP contribution in [0.4, 0.5) is 0 Å². The highest BCUT2D eigenvalue weighted by atomic mass is 16.4. The van der Waals surface area contributed by atoms with Crippen molar-refractivity contribution in [2.24, 2.45) is 23.2 Å². The first kappa shape index (κ1) is 13.3. The van der Waals surface area contributed by atoms with E-state index in [1.165, 1.54) is 5.57 Å². The summed E-state index contributed by atoms with van der Waals surface area (Å²) in [5.74, 6) is 0.0115. The summed E-state index contributed by atoms with van der Waals surface area (Å²) in [4.78, 5) is 22.7. The number of hydrogen-bond donors (Lipinski definition) is 1. The Hall–Kier alpha value is -1.12. The minimum atomic E-state index is -0.721. The van der Waals surface area contributed by atoms with Gasteiger partial charge in [-0.3, -0.25) is 9.59 Å². The fourth-order valence-electron chi connectivity index (χ4n) is 3.69. The van der Waals surface area contributed by atoms with Crippen LogP contribution in [0.5, 0.6) is 0 Å². The Bertz CT molecular complexity index is 410. The molecule has 0 spiro atoms. The molecule has 0 amide bonds. The molecule has 3 heteroatoms. The molecule has 2 bridgehead atoms. The lowest BCUT2D eigenvalue weighted by atomic mass is 9.46. The second-order valence-electron chi connectivity index (χ2n) is 6.27. The smallest absolute Gasteiger partial charge is 0.306 e. The Labute approximate surface area is 108 Å². The van der Waals surface area contributed by atoms with Crippen LogP contribution >= 0.6 is 0 Å². The van der Waals surface area contributed by atoms with Crippen LogP contribution in [0.25, 0.3) is 0 Å². The second-order valence-corrected chi connectivity index (χ2v) is 6.27. The molecule has 3 aliphatic rings. The van der Waals surface area contributed by atoms with Crippen molar-refractivity contribution < 1.29 is 14.7 Å². The van der Waals surface area contributed by atoms with Crippen LogP contribution in [-0.4, -0.2) is 16.9 Å². The average molecular weight is 250 g/mol. The molecule has 0 saturated heterocycles. The maximum atomic E-state index is 11.9. The standard InChI is InChI=1S/C15H22O3/c1-9(14(17)18)5-4-6-15(3)11-8-12(15)13(16)7-10(11)2/h7,9,11-12H,4-6,8H2,1-3H3,(H,17,18). The lowest BCUT2D eigenvalue weighted by Crippen LogP contribution is -2.53. The number of carbonyl (C=O) groups excluding carboxylic acids is 1. The molecule has 4 atom stereocenters. The van der Waals surface area contributed by atoms with Gasteiger partial charge >= 0.3 is 5.97 Å². The van der Waals surface area contributed by atoms with E-state index in [0.717, 1.165) is 19.3 Å². The summed E-state index contributed by atoms with van der Waals surface area (Å²) in [7, 11) is 0. The Kier molecular flexibility index (Phi) is 3.35. The van der Waals surface area contributed by atoms with E-state index in [1.807, 2.05) is 0 Å². The van der Waals surface area contributed by atoms with Gasteiger partial charge in [-0.15, -0.1) is 0 Å². The normalized spacial score (nSPS) is 35.7. The van der Waals surface area contributed by atoms with Crippen molar-refractivity contribution in [1.82, 2.24) is 0 Å². The van der Waals surface area contributed by atoms with Crippen LogP contribution in [0.2, 0.25) is 0 Å². The van der Waals surface area contributed by atoms with Crippen molar-refractivity contribution >= 4 is 11.8 Å². The Morgan fingerprint density at radius 2 is 2.22 bits per heavy atom. The minimum Gasteiger partial charge on any atom is -0.481 e. The van der Waals surface area contributed by atoms with E-state index in [-0.39, 0.29) is 23.0 Å². The number of allylic oxidation sites excluding steroid dienone is 2. The SMILES string of the molecule is CC1=CC(=O)C2CC1C2(C)CCCC(C)C(=O)O. The average Bonchev–Trinajstić information content (AvgIpc) is 2.26. The number of carboxylic acid groups (broad SMARTS) is 1. The number of hydrogen-bond acceptors (Lipinski definition) is 2. The predicted octanol–water partition coefficient (Wildman–Crippen LogP) is 3.05. The number of fused-ring (bicyclic) bond motifs is 1. The summed E-state index contributed by atoms with van der Waals surface area (Å²) in [6.07, 6.45) is 5.39. The lowest BCUT2D eigenvalue weighted by Gasteiger charge is -2.57. The molecule has 1 saturated carbocycles. The zero-order valence-corrected chi connectivity index (χ0v) is 11.4. The first-order chi connectivity index (χ1) is 8.36. The van der Waals surface area contributed by atoms with E-state index >= 15 is 0 Å². The molecule has 18 heavy (non-hydrogen) atoms. The van der Waals surface area contributed by atoms with Gasteiger partial charge in [0.15, 0.2) is 5.78 Å². The van der Waals surface area contributed by atoms with Gasteiger partial charge in [0.05, 0.1) is 5.92 Å². The van der Waals surface area contributed by atoms with Gasteiger partial charge in [-0.05, 0) is 43.6 Å². The van der Waals surface area contributed by atoms with Crippen molar-refractivity contribution in [1.29, 1.82) is 0 Å². The molecule has 0 aliphatic heterocycles. The number of aliphatic carboxylic acids is 1. The first-order valence-electron chi connectivity index (χ1n) is 6.81. The molecular formula is C15H22O3. The van der Waals surface area contributed by atoms with E-state index in [0.29, 0.717) is 12.3 Å². The van der Waals surface area contributed by atoms with Crippen molar-refractivity contribution in [3.05, 3.63) is 11.6 Å². The molecule has 100 valence electrons. The van der Waals surface area contributed by atoms with Crippen LogP contribution in [0.1, 0.15) is 46.5 Å². The summed E-state index contributed by atoms with van der Waals surface area (Å²) < 4.78 is 0. The Balaban J connectivity index is 1.93. The van der Waals surface area contributed by atoms with Gasteiger partial charge in [0.1, 0.15) is 0 Å². The summed E-state index contributed by atoms with van der Waals surface area (Å²) in [6.45, 7) is 6.00. The van der Waals surface area contributed by atoms with E-state index in [1.54, 1.807) is 13.0 Å². The maximum Gasteiger partial charge on any atom is 0.306 e. The fourth-order valence-corrected chi connectivity index (χ4v) is 3.69. The highest BCUT2D eigenvalue weighted by Crippen LogP contribution is 2.60. The third-order valence-electron chi connectivity index (χ3n) is 5.10. The number of carboxylic acids is 1. The zero-order valence-electron chi connectivity index (χ0n) is 11.4. The molecule has 1 N–H and O–H groups in total. The summed E-state index contributed by atoms with van der Waals surface area (Å²) in [5, 5.41) is 8.86. The van der Waals surface area contributed by atoms with E-state index in [9.17, 15) is 9.59 Å². The van der Waals surface area contributed by atoms with Crippen molar-refractivity contribution in [3.8, 4) is 0 Å². The highest BCUT2D eigenvalue weighted by Gasteiger charge is 2.56. The van der Waals surface area contributed by atoms with Crippen LogP contribution in [0, 0.1) is 23.2 Å². The fraction of sp³-hybridized carbons (Fsp3) is 0.733. The topological polar surface area (TPSA) is 54.4 Å². The monoisotopic (exact) mass is 250 g/mol. The Morgan fingerprint density at radius 1 is 1.56 bits per heavy atom. The van der Waals surface area contributed by atoms with Gasteiger partial charge in [-0.2, -0.15) is 0 Å². The molecule has 3 aliphatic carbocycles. The molecule has 0 aromatic carbocycles. The van der Waals surface area contributed by atoms with Gasteiger partial charge in [-0.25, -0.2) is 0 Å². The van der Waals surface area contributed by atoms with E-state index < -0.39 is 5.97 Å². The minimum absolute atomic E-state index is 0.0914. The molecule has 0 radical (unpaired) electrons. The van der Waals surface area contributed by atoms with Crippen LogP contribution in [0.3, 0.4) is 0 Å². The van der Waals surface area contributed by atoms with Crippen LogP contribution in [0.15, 0.2) is 11.6 Å². The highest BCUT2D eigenvalue weighted by molar-refractivity contribution is 5.95. The predicted molar refractivity (Wildman–Crippen MR) is 69.1 cm³/mol. The maximum absolute atomic E-state index is 11.9. The van der Waals surface area contributed by atoms with Gasteiger partial charge in [-0.1, -0.05) is 25.8 Å². The molecule has 3 rings (SSSR count). The van der Waals surface area contributed by atoms with Gasteiger partial charge in [0.2, 0.25) is 0 Å². The quantitative estimate of drug-likeness (QED) is 0.816. The lowest BCUT2D eigenvalue weighted by molar-refractivity contribution is -0.142. The van der Waals surface area contributed by atoms with Gasteiger partial charge < -0.3 is 5.11 Å². The largest absolute Gasteiger partial charge is 0.481 e. The molecule has 4 unspecified atom stereocenters. The van der Waals surface area contributed by atoms with Crippen molar-refractivity contribution in [3.63, 3.8) is 0 Å². The number of ketones is 1. The number of carbonyl (C=O) groups is 2. The molecule has 0 aromatic rings. The summed E-state index contributed by atoms with van der Waals surface area (Å²) in [5.41, 5.74) is 1.31. The molecule has 0 aromatic heterocycles. The number of rotatable bonds is 5. The zero-order chi connectivity index (χ0) is 13.5. The Morgan fingerprint density at radius 3 is 2.72 bits per heavy atom. The summed E-state index contributed by atoms with van der Waals surface area (Å²) >= 11 is 0. The third kappa shape index (κ3) is 2.00. The van der Waals surface area contributed by atoms with Gasteiger partial charge in [0.25, 0.3) is 0 Å². The second kappa shape index (κ2) is 4.52. The van der Waals surface area contributed by atoms with Crippen LogP contribution in [-0.2, 0) is 9.59 Å². The molecular weight excluding hydrogens is 228 g/mol. The molecule has 1 fully saturated rings. The van der Waals surface area contributed by atoms with Crippen molar-refractivity contribution in [2.75, 3.05) is 0 Å².